The number of nitrogens with zero attached hydrogens (tertiary/aromatic N) is 2. The van der Waals surface area contributed by atoms with E-state index < -0.39 is 6.43 Å². The number of alkyl halides is 2. The zero-order valence-electron chi connectivity index (χ0n) is 4.96. The number of aromatic nitrogens is 2. The summed E-state index contributed by atoms with van der Waals surface area (Å²) < 4.78 is 23.6. The lowest BCUT2D eigenvalue weighted by molar-refractivity contribution is 0.150. The van der Waals surface area contributed by atoms with Gasteiger partial charge in [-0.15, -0.1) is 0 Å². The molecule has 0 atom stereocenters. The second kappa shape index (κ2) is 2.55. The van der Waals surface area contributed by atoms with Gasteiger partial charge in [-0.05, 0) is 0 Å². The van der Waals surface area contributed by atoms with Crippen LogP contribution >= 0.6 is 0 Å². The van der Waals surface area contributed by atoms with E-state index in [-0.39, 0.29) is 11.5 Å². The number of nitrogen functional groups attached to an aromatic ring is 1. The predicted molar refractivity (Wildman–Crippen MR) is 31.4 cm³/mol. The number of hydrogen-bond donors (Lipinski definition) is 1. The Morgan fingerprint density at radius 1 is 1.30 bits per heavy atom. The van der Waals surface area contributed by atoms with E-state index >= 15 is 0 Å². The summed E-state index contributed by atoms with van der Waals surface area (Å²) in [5, 5.41) is 0. The molecule has 0 amide bonds. The highest BCUT2D eigenvalue weighted by Crippen LogP contribution is 2.15. The molecule has 0 unspecified atom stereocenters. The molecule has 0 aliphatic heterocycles. The fourth-order valence-corrected chi connectivity index (χ4v) is 0.461. The van der Waals surface area contributed by atoms with Crippen LogP contribution < -0.4 is 5.73 Å². The largest absolute Gasteiger partial charge is 0.368 e. The molecule has 0 radical (unpaired) electrons. The highest BCUT2D eigenvalue weighted by atomic mass is 19.3. The van der Waals surface area contributed by atoms with E-state index in [0.717, 1.165) is 12.4 Å². The van der Waals surface area contributed by atoms with Gasteiger partial charge in [-0.3, -0.25) is 0 Å². The molecule has 1 aromatic rings. The Morgan fingerprint density at radius 2 is 1.80 bits per heavy atom. The molecule has 0 saturated heterocycles. The maximum atomic E-state index is 11.8. The first-order valence-electron chi connectivity index (χ1n) is 2.55. The van der Waals surface area contributed by atoms with E-state index in [1.165, 1.54) is 0 Å². The summed E-state index contributed by atoms with van der Waals surface area (Å²) in [6, 6.07) is 0. The first-order chi connectivity index (χ1) is 4.70. The summed E-state index contributed by atoms with van der Waals surface area (Å²) in [7, 11) is 0. The summed E-state index contributed by atoms with van der Waals surface area (Å²) in [5.74, 6) is 0.00407. The Kier molecular flexibility index (Phi) is 1.75. The summed E-state index contributed by atoms with van der Waals surface area (Å²) in [6.45, 7) is 0. The zero-order valence-corrected chi connectivity index (χ0v) is 4.96. The summed E-state index contributed by atoms with van der Waals surface area (Å²) in [5.41, 5.74) is 4.85. The van der Waals surface area contributed by atoms with Gasteiger partial charge in [0.2, 0.25) is 5.95 Å². The minimum atomic E-state index is -2.53. The molecule has 2 N–H and O–H groups in total. The predicted octanol–water partition coefficient (Wildman–Crippen LogP) is 0.996. The van der Waals surface area contributed by atoms with E-state index in [9.17, 15) is 8.78 Å². The van der Waals surface area contributed by atoms with Gasteiger partial charge in [0.05, 0.1) is 5.56 Å². The maximum absolute atomic E-state index is 11.8. The van der Waals surface area contributed by atoms with Crippen molar-refractivity contribution in [2.75, 3.05) is 5.73 Å². The molecule has 3 nitrogen and oxygen atoms in total. The summed E-state index contributed by atoms with van der Waals surface area (Å²) >= 11 is 0. The van der Waals surface area contributed by atoms with Crippen LogP contribution in [0.25, 0.3) is 0 Å². The minimum Gasteiger partial charge on any atom is -0.368 e. The smallest absolute Gasteiger partial charge is 0.266 e. The third kappa shape index (κ3) is 1.37. The minimum absolute atomic E-state index is 0.00407. The molecule has 0 aromatic carbocycles. The van der Waals surface area contributed by atoms with E-state index in [4.69, 9.17) is 5.73 Å². The van der Waals surface area contributed by atoms with Crippen LogP contribution in [0, 0.1) is 0 Å². The molecular weight excluding hydrogens is 140 g/mol. The van der Waals surface area contributed by atoms with Crippen molar-refractivity contribution in [1.82, 2.24) is 9.97 Å². The Labute approximate surface area is 55.9 Å². The highest BCUT2D eigenvalue weighted by molar-refractivity contribution is 5.17. The molecule has 0 bridgehead atoms. The van der Waals surface area contributed by atoms with Crippen LogP contribution in [0.1, 0.15) is 12.0 Å². The second-order valence-corrected chi connectivity index (χ2v) is 1.68. The van der Waals surface area contributed by atoms with Gasteiger partial charge in [-0.25, -0.2) is 18.7 Å². The van der Waals surface area contributed by atoms with E-state index in [0.29, 0.717) is 0 Å². The van der Waals surface area contributed by atoms with Crippen molar-refractivity contribution in [3.8, 4) is 0 Å². The Bertz CT molecular complexity index is 209. The van der Waals surface area contributed by atoms with Gasteiger partial charge in [-0.1, -0.05) is 0 Å². The molecule has 1 rings (SSSR count). The average Bonchev–Trinajstić information content (AvgIpc) is 1.88. The standard InChI is InChI=1S/C5H5F2N3/c6-4(7)3-1-9-5(8)10-2-3/h1-2,4H,(H2,8,9,10). The van der Waals surface area contributed by atoms with Crippen molar-refractivity contribution in [2.45, 2.75) is 6.43 Å². The van der Waals surface area contributed by atoms with Gasteiger partial charge in [0.15, 0.2) is 0 Å². The van der Waals surface area contributed by atoms with Crippen molar-refractivity contribution in [3.05, 3.63) is 18.0 Å². The molecule has 5 heteroatoms. The number of hydrogen-bond acceptors (Lipinski definition) is 3. The monoisotopic (exact) mass is 145 g/mol. The van der Waals surface area contributed by atoms with Crippen LogP contribution in [-0.4, -0.2) is 9.97 Å². The lowest BCUT2D eigenvalue weighted by Gasteiger charge is -1.95. The van der Waals surface area contributed by atoms with E-state index in [2.05, 4.69) is 9.97 Å². The first kappa shape index (κ1) is 6.85. The van der Waals surface area contributed by atoms with Crippen molar-refractivity contribution in [2.24, 2.45) is 0 Å². The SMILES string of the molecule is Nc1ncc(C(F)F)cn1. The van der Waals surface area contributed by atoms with Crippen LogP contribution in [0.2, 0.25) is 0 Å². The molecule has 0 fully saturated rings. The van der Waals surface area contributed by atoms with E-state index in [1.807, 2.05) is 0 Å². The van der Waals surface area contributed by atoms with Crippen LogP contribution in [-0.2, 0) is 0 Å². The van der Waals surface area contributed by atoms with E-state index in [1.54, 1.807) is 0 Å². The van der Waals surface area contributed by atoms with Crippen LogP contribution in [0.4, 0.5) is 14.7 Å². The lowest BCUT2D eigenvalue weighted by atomic mass is 10.4. The topological polar surface area (TPSA) is 51.8 Å². The van der Waals surface area contributed by atoms with Gasteiger partial charge in [-0.2, -0.15) is 0 Å². The quantitative estimate of drug-likeness (QED) is 0.641. The Balaban J connectivity index is 2.89. The van der Waals surface area contributed by atoms with Gasteiger partial charge in [0.25, 0.3) is 6.43 Å². The third-order valence-corrected chi connectivity index (χ3v) is 0.944. The number of rotatable bonds is 1. The van der Waals surface area contributed by atoms with Gasteiger partial charge < -0.3 is 5.73 Å². The molecule has 0 spiro atoms. The molecule has 0 aliphatic carbocycles. The Morgan fingerprint density at radius 3 is 2.20 bits per heavy atom. The molecule has 10 heavy (non-hydrogen) atoms. The summed E-state index contributed by atoms with van der Waals surface area (Å²) in [6.07, 6.45) is -0.513. The number of anilines is 1. The zero-order chi connectivity index (χ0) is 7.56. The third-order valence-electron chi connectivity index (χ3n) is 0.944. The van der Waals surface area contributed by atoms with Gasteiger partial charge in [0.1, 0.15) is 0 Å². The normalized spacial score (nSPS) is 10.3. The van der Waals surface area contributed by atoms with Crippen LogP contribution in [0.3, 0.4) is 0 Å². The van der Waals surface area contributed by atoms with Crippen molar-refractivity contribution >= 4 is 5.95 Å². The van der Waals surface area contributed by atoms with Crippen LogP contribution in [0.5, 0.6) is 0 Å². The van der Waals surface area contributed by atoms with Gasteiger partial charge in [0, 0.05) is 12.4 Å². The molecule has 1 heterocycles. The highest BCUT2D eigenvalue weighted by Gasteiger charge is 2.06. The molecule has 0 aliphatic rings. The molecule has 1 aromatic heterocycles. The fraction of sp³-hybridized carbons (Fsp3) is 0.200. The second-order valence-electron chi connectivity index (χ2n) is 1.68. The van der Waals surface area contributed by atoms with Crippen molar-refractivity contribution in [3.63, 3.8) is 0 Å². The number of halogens is 2. The Hall–Kier alpha value is -1.26. The maximum Gasteiger partial charge on any atom is 0.266 e. The van der Waals surface area contributed by atoms with Gasteiger partial charge >= 0.3 is 0 Å². The first-order valence-corrected chi connectivity index (χ1v) is 2.55. The van der Waals surface area contributed by atoms with Crippen LogP contribution in [0.15, 0.2) is 12.4 Å². The van der Waals surface area contributed by atoms with Crippen molar-refractivity contribution < 1.29 is 8.78 Å². The van der Waals surface area contributed by atoms with Crippen molar-refractivity contribution in [1.29, 1.82) is 0 Å². The molecule has 54 valence electrons. The molecular formula is C5H5F2N3. The lowest BCUT2D eigenvalue weighted by Crippen LogP contribution is -1.95. The molecule has 0 saturated carbocycles. The summed E-state index contributed by atoms with van der Waals surface area (Å²) in [4.78, 5) is 6.77. The fourth-order valence-electron chi connectivity index (χ4n) is 0.461. The average molecular weight is 145 g/mol. The number of nitrogens with two attached hydrogens (primary N) is 1.